The number of hydrogen-bond acceptors (Lipinski definition) is 5. The number of ether oxygens (including phenoxy) is 1. The highest BCUT2D eigenvalue weighted by atomic mass is 19.4. The number of nitrogens with zero attached hydrogens (tertiary/aromatic N) is 3. The van der Waals surface area contributed by atoms with Crippen LogP contribution in [0, 0.1) is 10.1 Å². The summed E-state index contributed by atoms with van der Waals surface area (Å²) in [4.78, 5) is 28.8. The summed E-state index contributed by atoms with van der Waals surface area (Å²) < 4.78 is 127. The molecule has 0 spiro atoms. The van der Waals surface area contributed by atoms with Gasteiger partial charge in [0.25, 0.3) is 5.69 Å². The molecule has 16 heteroatoms. The van der Waals surface area contributed by atoms with E-state index in [4.69, 9.17) is 4.74 Å². The number of aromatic nitrogens is 1. The molecule has 1 saturated heterocycles. The number of allylic oxidation sites excluding steroid dienone is 1. The molecule has 234 valence electrons. The number of carbonyl (C=O) groups is 1. The maximum Gasteiger partial charge on any atom is 0.416 e. The molecule has 1 amide bonds. The van der Waals surface area contributed by atoms with Crippen LogP contribution in [0.1, 0.15) is 53.5 Å². The normalized spacial score (nSPS) is 17.5. The minimum atomic E-state index is -5.19. The molecule has 44 heavy (non-hydrogen) atoms. The van der Waals surface area contributed by atoms with E-state index in [0.29, 0.717) is 29.8 Å². The van der Waals surface area contributed by atoms with E-state index in [1.807, 2.05) is 0 Å². The van der Waals surface area contributed by atoms with Crippen LogP contribution in [0.2, 0.25) is 0 Å². The summed E-state index contributed by atoms with van der Waals surface area (Å²) in [5, 5.41) is 11.8. The van der Waals surface area contributed by atoms with Gasteiger partial charge in [-0.25, -0.2) is 9.78 Å². The molecular formula is C28H20F9N3O4. The number of pyridine rings is 1. The van der Waals surface area contributed by atoms with Gasteiger partial charge >= 0.3 is 24.6 Å². The van der Waals surface area contributed by atoms with Crippen molar-refractivity contribution in [3.63, 3.8) is 0 Å². The van der Waals surface area contributed by atoms with Crippen molar-refractivity contribution in [3.05, 3.63) is 98.7 Å². The highest BCUT2D eigenvalue weighted by molar-refractivity contribution is 5.77. The Morgan fingerprint density at radius 1 is 0.932 bits per heavy atom. The largest absolute Gasteiger partial charge is 0.439 e. The fourth-order valence-corrected chi connectivity index (χ4v) is 4.65. The molecule has 0 radical (unpaired) electrons. The second-order valence-electron chi connectivity index (χ2n) is 9.98. The lowest BCUT2D eigenvalue weighted by Gasteiger charge is -2.24. The highest BCUT2D eigenvalue weighted by Crippen LogP contribution is 2.42. The summed E-state index contributed by atoms with van der Waals surface area (Å²) in [6, 6.07) is 3.92. The SMILES string of the molecule is C=C(C)c1ccc([N+](=O)[O-])c(-c2ccc(C(F)(F)F)cc2CN2C(=O)O[C@H](c3cc(C(F)(F)F)cc(C(F)(F)F)c3)[C@@H]2C)n1. The second kappa shape index (κ2) is 11.1. The molecule has 0 bridgehead atoms. The van der Waals surface area contributed by atoms with E-state index in [0.717, 1.165) is 17.0 Å². The van der Waals surface area contributed by atoms with Crippen LogP contribution in [-0.2, 0) is 29.8 Å². The molecule has 1 aromatic heterocycles. The van der Waals surface area contributed by atoms with Gasteiger partial charge in [-0.2, -0.15) is 39.5 Å². The lowest BCUT2D eigenvalue weighted by Crippen LogP contribution is -2.32. The Morgan fingerprint density at radius 2 is 1.50 bits per heavy atom. The number of cyclic esters (lactones) is 1. The molecule has 0 saturated carbocycles. The summed E-state index contributed by atoms with van der Waals surface area (Å²) in [6.45, 7) is 5.72. The fourth-order valence-electron chi connectivity index (χ4n) is 4.65. The molecule has 0 N–H and O–H groups in total. The third kappa shape index (κ3) is 6.48. The Balaban J connectivity index is 1.83. The quantitative estimate of drug-likeness (QED) is 0.154. The molecule has 0 unspecified atom stereocenters. The van der Waals surface area contributed by atoms with Gasteiger partial charge in [0.1, 0.15) is 11.8 Å². The van der Waals surface area contributed by atoms with E-state index >= 15 is 0 Å². The minimum Gasteiger partial charge on any atom is -0.439 e. The zero-order valence-corrected chi connectivity index (χ0v) is 22.6. The van der Waals surface area contributed by atoms with Gasteiger partial charge in [-0.1, -0.05) is 12.6 Å². The lowest BCUT2D eigenvalue weighted by atomic mass is 9.96. The van der Waals surface area contributed by atoms with Gasteiger partial charge in [-0.15, -0.1) is 0 Å². The summed E-state index contributed by atoms with van der Waals surface area (Å²) in [6.07, 6.45) is -18.2. The number of benzene rings is 2. The Labute approximate surface area is 242 Å². The van der Waals surface area contributed by atoms with Crippen LogP contribution in [0.25, 0.3) is 16.8 Å². The first kappa shape index (κ1) is 32.3. The van der Waals surface area contributed by atoms with E-state index in [1.165, 1.54) is 19.9 Å². The molecule has 3 aromatic rings. The van der Waals surface area contributed by atoms with E-state index in [9.17, 15) is 54.4 Å². The number of carbonyl (C=O) groups excluding carboxylic acids is 1. The molecular weight excluding hydrogens is 613 g/mol. The molecule has 2 aromatic carbocycles. The number of amides is 1. The number of hydrogen-bond donors (Lipinski definition) is 0. The zero-order chi connectivity index (χ0) is 32.9. The monoisotopic (exact) mass is 633 g/mol. The average Bonchev–Trinajstić information content (AvgIpc) is 3.19. The van der Waals surface area contributed by atoms with Gasteiger partial charge < -0.3 is 4.74 Å². The molecule has 4 rings (SSSR count). The third-order valence-electron chi connectivity index (χ3n) is 6.87. The second-order valence-corrected chi connectivity index (χ2v) is 9.98. The van der Waals surface area contributed by atoms with Crippen molar-refractivity contribution in [1.82, 2.24) is 9.88 Å². The number of alkyl halides is 9. The molecule has 2 heterocycles. The smallest absolute Gasteiger partial charge is 0.416 e. The van der Waals surface area contributed by atoms with E-state index < -0.39 is 76.2 Å². The summed E-state index contributed by atoms with van der Waals surface area (Å²) in [5.41, 5.74) is -6.04. The summed E-state index contributed by atoms with van der Waals surface area (Å²) >= 11 is 0. The van der Waals surface area contributed by atoms with Crippen molar-refractivity contribution >= 4 is 17.4 Å². The van der Waals surface area contributed by atoms with Crippen LogP contribution in [0.15, 0.2) is 55.1 Å². The maximum absolute atomic E-state index is 13.7. The summed E-state index contributed by atoms with van der Waals surface area (Å²) in [7, 11) is 0. The number of halogens is 9. The first-order valence-electron chi connectivity index (χ1n) is 12.5. The van der Waals surface area contributed by atoms with Crippen LogP contribution in [0.5, 0.6) is 0 Å². The first-order valence-corrected chi connectivity index (χ1v) is 12.5. The number of rotatable bonds is 6. The van der Waals surface area contributed by atoms with Crippen molar-refractivity contribution in [1.29, 1.82) is 0 Å². The molecule has 7 nitrogen and oxygen atoms in total. The van der Waals surface area contributed by atoms with E-state index in [2.05, 4.69) is 11.6 Å². The topological polar surface area (TPSA) is 85.6 Å². The Morgan fingerprint density at radius 3 is 2.00 bits per heavy atom. The van der Waals surface area contributed by atoms with Crippen LogP contribution in [-0.4, -0.2) is 26.9 Å². The average molecular weight is 633 g/mol. The zero-order valence-electron chi connectivity index (χ0n) is 22.6. The van der Waals surface area contributed by atoms with Crippen LogP contribution >= 0.6 is 0 Å². The molecule has 1 fully saturated rings. The minimum absolute atomic E-state index is 0.101. The predicted molar refractivity (Wildman–Crippen MR) is 137 cm³/mol. The highest BCUT2D eigenvalue weighted by Gasteiger charge is 2.44. The van der Waals surface area contributed by atoms with E-state index in [1.54, 1.807) is 0 Å². The van der Waals surface area contributed by atoms with Crippen molar-refractivity contribution in [2.75, 3.05) is 0 Å². The Kier molecular flexibility index (Phi) is 8.17. The van der Waals surface area contributed by atoms with Crippen LogP contribution in [0.3, 0.4) is 0 Å². The van der Waals surface area contributed by atoms with Crippen LogP contribution in [0.4, 0.5) is 50.0 Å². The van der Waals surface area contributed by atoms with Crippen molar-refractivity contribution in [2.24, 2.45) is 0 Å². The number of nitro groups is 1. The standard InChI is InChI=1S/C28H20F9N3O4/c1-13(2)21-6-7-22(40(42)43)23(38-21)20-5-4-17(26(29,30)31)10-16(20)12-39-14(3)24(44-25(39)41)15-8-18(27(32,33)34)11-19(9-15)28(35,36)37/h4-11,14,24H,1,12H2,2-3H3/t14-,24-/m0/s1. The van der Waals surface area contributed by atoms with Crippen molar-refractivity contribution < 1.29 is 54.0 Å². The van der Waals surface area contributed by atoms with Gasteiger partial charge in [-0.05, 0) is 66.9 Å². The third-order valence-corrected chi connectivity index (χ3v) is 6.87. The van der Waals surface area contributed by atoms with Crippen LogP contribution < -0.4 is 0 Å². The molecule has 1 aliphatic rings. The van der Waals surface area contributed by atoms with Gasteiger partial charge in [0.2, 0.25) is 0 Å². The maximum atomic E-state index is 13.7. The van der Waals surface area contributed by atoms with Crippen molar-refractivity contribution in [3.8, 4) is 11.3 Å². The predicted octanol–water partition coefficient (Wildman–Crippen LogP) is 8.83. The van der Waals surface area contributed by atoms with Gasteiger partial charge in [0.15, 0.2) is 0 Å². The lowest BCUT2D eigenvalue weighted by molar-refractivity contribution is -0.384. The van der Waals surface area contributed by atoms with Gasteiger partial charge in [-0.3, -0.25) is 15.0 Å². The molecule has 2 atom stereocenters. The Bertz CT molecular complexity index is 1620. The van der Waals surface area contributed by atoms with Gasteiger partial charge in [0.05, 0.1) is 39.9 Å². The molecule has 0 aliphatic carbocycles. The van der Waals surface area contributed by atoms with E-state index in [-0.39, 0.29) is 28.6 Å². The fraction of sp³-hybridized carbons (Fsp3) is 0.286. The molecule has 1 aliphatic heterocycles. The Hall–Kier alpha value is -4.63. The summed E-state index contributed by atoms with van der Waals surface area (Å²) in [5.74, 6) is 0. The van der Waals surface area contributed by atoms with Gasteiger partial charge in [0, 0.05) is 11.6 Å². The first-order chi connectivity index (χ1) is 20.2. The van der Waals surface area contributed by atoms with Crippen molar-refractivity contribution in [2.45, 2.75) is 51.1 Å².